The Morgan fingerprint density at radius 3 is 2.42 bits per heavy atom. The minimum absolute atomic E-state index is 0.250. The first-order chi connectivity index (χ1) is 5.62. The van der Waals surface area contributed by atoms with Crippen LogP contribution in [-0.2, 0) is 14.3 Å². The smallest absolute Gasteiger partial charge is 0.332 e. The molecule has 12 heavy (non-hydrogen) atoms. The van der Waals surface area contributed by atoms with E-state index < -0.39 is 12.3 Å². The first-order valence-electron chi connectivity index (χ1n) is 3.21. The highest BCUT2D eigenvalue weighted by molar-refractivity contribution is 5.81. The van der Waals surface area contributed by atoms with E-state index in [9.17, 15) is 4.79 Å². The molecule has 0 aromatic rings. The first-order valence-corrected chi connectivity index (χ1v) is 3.21. The summed E-state index contributed by atoms with van der Waals surface area (Å²) >= 11 is 0. The summed E-state index contributed by atoms with van der Waals surface area (Å²) in [7, 11) is 0. The van der Waals surface area contributed by atoms with E-state index in [0.29, 0.717) is 6.42 Å². The zero-order chi connectivity index (χ0) is 9.98. The van der Waals surface area contributed by atoms with Crippen LogP contribution in [0.15, 0.2) is 12.7 Å². The first kappa shape index (κ1) is 13.2. The van der Waals surface area contributed by atoms with Crippen molar-refractivity contribution in [1.29, 1.82) is 0 Å². The second kappa shape index (κ2) is 9.64. The van der Waals surface area contributed by atoms with E-state index >= 15 is 0 Å². The van der Waals surface area contributed by atoms with Gasteiger partial charge in [0.05, 0.1) is 0 Å². The van der Waals surface area contributed by atoms with E-state index in [1.165, 1.54) is 0 Å². The number of ether oxygens (including phenoxy) is 1. The third-order valence-electron chi connectivity index (χ3n) is 0.768. The Labute approximate surface area is 70.3 Å². The van der Waals surface area contributed by atoms with Crippen LogP contribution >= 0.6 is 0 Å². The number of hydrogen-bond donors (Lipinski definition) is 2. The molecule has 2 N–H and O–H groups in total. The van der Waals surface area contributed by atoms with Crippen molar-refractivity contribution in [1.82, 2.24) is 0 Å². The van der Waals surface area contributed by atoms with Gasteiger partial charge in [0.25, 0.3) is 6.47 Å². The summed E-state index contributed by atoms with van der Waals surface area (Å²) < 4.78 is 4.35. The summed E-state index contributed by atoms with van der Waals surface area (Å²) in [5.74, 6) is -0.593. The van der Waals surface area contributed by atoms with E-state index in [4.69, 9.17) is 15.0 Å². The zero-order valence-corrected chi connectivity index (χ0v) is 6.77. The highest BCUT2D eigenvalue weighted by Gasteiger charge is 2.02. The van der Waals surface area contributed by atoms with Gasteiger partial charge in [-0.05, 0) is 0 Å². The molecule has 0 aromatic carbocycles. The molecule has 0 rings (SSSR count). The molecule has 0 amide bonds. The molecule has 5 nitrogen and oxygen atoms in total. The van der Waals surface area contributed by atoms with E-state index in [1.807, 2.05) is 0 Å². The van der Waals surface area contributed by atoms with E-state index in [1.54, 1.807) is 6.92 Å². The minimum atomic E-state index is -0.990. The summed E-state index contributed by atoms with van der Waals surface area (Å²) in [6, 6.07) is 0. The van der Waals surface area contributed by atoms with Crippen molar-refractivity contribution < 1.29 is 24.5 Å². The molecule has 0 aliphatic heterocycles. The maximum atomic E-state index is 10.3. The molecule has 70 valence electrons. The lowest BCUT2D eigenvalue weighted by Gasteiger charge is -2.05. The van der Waals surface area contributed by atoms with Gasteiger partial charge in [0.15, 0.2) is 0 Å². The topological polar surface area (TPSA) is 83.8 Å². The molecule has 0 radical (unpaired) electrons. The third kappa shape index (κ3) is 11.4. The predicted octanol–water partition coefficient (Wildman–Crippen LogP) is 0.145. The van der Waals surface area contributed by atoms with Gasteiger partial charge < -0.3 is 14.9 Å². The van der Waals surface area contributed by atoms with Crippen molar-refractivity contribution >= 4 is 12.4 Å². The molecule has 0 saturated heterocycles. The van der Waals surface area contributed by atoms with Crippen molar-refractivity contribution in [3.63, 3.8) is 0 Å². The quantitative estimate of drug-likeness (QED) is 0.276. The van der Waals surface area contributed by atoms with Gasteiger partial charge in [-0.3, -0.25) is 4.79 Å². The van der Waals surface area contributed by atoms with Crippen LogP contribution in [0.2, 0.25) is 0 Å². The number of carbonyl (C=O) groups excluding carboxylic acids is 1. The molecule has 0 fully saturated rings. The molecule has 1 unspecified atom stereocenters. The fourth-order valence-electron chi connectivity index (χ4n) is 0.266. The molecule has 0 aromatic heterocycles. The monoisotopic (exact) mass is 176 g/mol. The molecule has 1 atom stereocenters. The Morgan fingerprint density at radius 1 is 1.75 bits per heavy atom. The van der Waals surface area contributed by atoms with Gasteiger partial charge in [-0.15, -0.1) is 0 Å². The Bertz CT molecular complexity index is 143. The van der Waals surface area contributed by atoms with Gasteiger partial charge >= 0.3 is 5.97 Å². The largest absolute Gasteiger partial charge is 0.483 e. The molecule has 0 spiro atoms. The number of carboxylic acid groups (broad SMARTS) is 1. The van der Waals surface area contributed by atoms with Crippen LogP contribution in [0.1, 0.15) is 13.3 Å². The Morgan fingerprint density at radius 2 is 2.17 bits per heavy atom. The molecule has 5 heteroatoms. The van der Waals surface area contributed by atoms with Crippen LogP contribution in [0.3, 0.4) is 0 Å². The second-order valence-electron chi connectivity index (χ2n) is 1.61. The SMILES string of the molecule is C=CC(=O)OC(O)CC.O=CO. The molecular formula is C7H12O5. The predicted molar refractivity (Wildman–Crippen MR) is 41.3 cm³/mol. The van der Waals surface area contributed by atoms with Gasteiger partial charge in [0, 0.05) is 12.5 Å². The van der Waals surface area contributed by atoms with Gasteiger partial charge in [-0.1, -0.05) is 13.5 Å². The standard InChI is InChI=1S/C6H10O3.CH2O2/c1-3-5(7)9-6(8)4-2;2-1-3/h3,6,8H,1,4H2,2H3;1H,(H,2,3). The van der Waals surface area contributed by atoms with Crippen LogP contribution < -0.4 is 0 Å². The summed E-state index contributed by atoms with van der Waals surface area (Å²) in [6.07, 6.45) is 0.425. The maximum Gasteiger partial charge on any atom is 0.332 e. The summed E-state index contributed by atoms with van der Waals surface area (Å²) in [5, 5.41) is 15.6. The van der Waals surface area contributed by atoms with Crippen LogP contribution in [0.4, 0.5) is 0 Å². The number of hydrogen-bond acceptors (Lipinski definition) is 4. The maximum absolute atomic E-state index is 10.3. The summed E-state index contributed by atoms with van der Waals surface area (Å²) in [4.78, 5) is 18.6. The second-order valence-corrected chi connectivity index (χ2v) is 1.61. The zero-order valence-electron chi connectivity index (χ0n) is 6.77. The molecule has 0 aliphatic rings. The van der Waals surface area contributed by atoms with Crippen LogP contribution in [0, 0.1) is 0 Å². The van der Waals surface area contributed by atoms with Gasteiger partial charge in [-0.2, -0.15) is 0 Å². The highest BCUT2D eigenvalue weighted by Crippen LogP contribution is 1.92. The number of carbonyl (C=O) groups is 2. The van der Waals surface area contributed by atoms with Crippen molar-refractivity contribution in [2.24, 2.45) is 0 Å². The van der Waals surface area contributed by atoms with Crippen LogP contribution in [0.5, 0.6) is 0 Å². The molecule has 0 bridgehead atoms. The van der Waals surface area contributed by atoms with E-state index in [-0.39, 0.29) is 6.47 Å². The fourth-order valence-corrected chi connectivity index (χ4v) is 0.266. The molecule has 0 heterocycles. The van der Waals surface area contributed by atoms with E-state index in [0.717, 1.165) is 6.08 Å². The molecular weight excluding hydrogens is 164 g/mol. The van der Waals surface area contributed by atoms with Crippen molar-refractivity contribution in [2.45, 2.75) is 19.6 Å². The van der Waals surface area contributed by atoms with Crippen molar-refractivity contribution in [2.75, 3.05) is 0 Å². The minimum Gasteiger partial charge on any atom is -0.483 e. The normalized spacial score (nSPS) is 10.2. The van der Waals surface area contributed by atoms with E-state index in [2.05, 4.69) is 11.3 Å². The highest BCUT2D eigenvalue weighted by atomic mass is 16.6. The van der Waals surface area contributed by atoms with Crippen LogP contribution in [0.25, 0.3) is 0 Å². The number of aliphatic hydroxyl groups excluding tert-OH is 1. The lowest BCUT2D eigenvalue weighted by Crippen LogP contribution is -2.14. The van der Waals surface area contributed by atoms with Gasteiger partial charge in [0.2, 0.25) is 6.29 Å². The summed E-state index contributed by atoms with van der Waals surface area (Å²) in [5.41, 5.74) is 0. The molecule has 0 saturated carbocycles. The van der Waals surface area contributed by atoms with Crippen LogP contribution in [-0.4, -0.2) is 28.9 Å². The summed E-state index contributed by atoms with van der Waals surface area (Å²) in [6.45, 7) is 4.62. The van der Waals surface area contributed by atoms with Crippen molar-refractivity contribution in [3.05, 3.63) is 12.7 Å². The number of rotatable bonds is 3. The Kier molecular flexibility index (Phi) is 10.6. The Balaban J connectivity index is 0. The number of aliphatic hydroxyl groups is 1. The number of esters is 1. The lowest BCUT2D eigenvalue weighted by atomic mass is 10.5. The molecule has 0 aliphatic carbocycles. The van der Waals surface area contributed by atoms with Gasteiger partial charge in [-0.25, -0.2) is 4.79 Å². The average molecular weight is 176 g/mol. The fraction of sp³-hybridized carbons (Fsp3) is 0.429. The van der Waals surface area contributed by atoms with Gasteiger partial charge in [0.1, 0.15) is 0 Å². The lowest BCUT2D eigenvalue weighted by molar-refractivity contribution is -0.161. The Hall–Kier alpha value is -1.36. The average Bonchev–Trinajstić information content (AvgIpc) is 2.05. The van der Waals surface area contributed by atoms with Crippen molar-refractivity contribution in [3.8, 4) is 0 Å². The third-order valence-corrected chi connectivity index (χ3v) is 0.768.